The summed E-state index contributed by atoms with van der Waals surface area (Å²) in [5.74, 6) is 1.05. The molecule has 0 saturated heterocycles. The van der Waals surface area contributed by atoms with Crippen LogP contribution < -0.4 is 5.32 Å². The van der Waals surface area contributed by atoms with Crippen LogP contribution in [-0.2, 0) is 31.0 Å². The summed E-state index contributed by atoms with van der Waals surface area (Å²) < 4.78 is 8.24. The molecule has 0 radical (unpaired) electrons. The smallest absolute Gasteiger partial charge is 0.140 e. The number of hydrogen-bond donors (Lipinski definition) is 1. The van der Waals surface area contributed by atoms with Gasteiger partial charge < -0.3 is 14.6 Å². The van der Waals surface area contributed by atoms with E-state index in [2.05, 4.69) is 46.3 Å². The number of hydrogen-bond acceptors (Lipinski definition) is 3. The molecule has 1 N–H and O–H groups in total. The lowest BCUT2D eigenvalue weighted by atomic mass is 10.2. The van der Waals surface area contributed by atoms with Gasteiger partial charge in [0.15, 0.2) is 0 Å². The summed E-state index contributed by atoms with van der Waals surface area (Å²) in [7, 11) is 0. The summed E-state index contributed by atoms with van der Waals surface area (Å²) in [6, 6.07) is 20.6. The van der Waals surface area contributed by atoms with Gasteiger partial charge in [-0.2, -0.15) is 0 Å². The zero-order chi connectivity index (χ0) is 16.2. The zero-order valence-corrected chi connectivity index (χ0v) is 13.6. The van der Waals surface area contributed by atoms with Crippen LogP contribution in [-0.4, -0.2) is 16.1 Å². The Morgan fingerprint density at radius 1 is 0.958 bits per heavy atom. The minimum Gasteiger partial charge on any atom is -0.370 e. The third-order valence-electron chi connectivity index (χ3n) is 4.34. The lowest BCUT2D eigenvalue weighted by Crippen LogP contribution is -2.28. The molecule has 24 heavy (non-hydrogen) atoms. The third kappa shape index (κ3) is 3.11. The van der Waals surface area contributed by atoms with E-state index in [0.717, 1.165) is 36.7 Å². The standard InChI is InChI=1S/C20H21N3O/c1-3-7-16(8-4-1)14-24-15-18-19-13-21-11-12-23(19)20(22-18)17-9-5-2-6-10-17/h1-10,21H,11-15H2. The second kappa shape index (κ2) is 6.99. The molecule has 0 atom stereocenters. The van der Waals surface area contributed by atoms with Crippen molar-refractivity contribution in [2.45, 2.75) is 26.3 Å². The van der Waals surface area contributed by atoms with Crippen LogP contribution in [0, 0.1) is 0 Å². The quantitative estimate of drug-likeness (QED) is 0.784. The molecule has 122 valence electrons. The number of fused-ring (bicyclic) bond motifs is 1. The van der Waals surface area contributed by atoms with E-state index in [1.165, 1.54) is 11.3 Å². The molecule has 0 saturated carbocycles. The molecule has 3 aromatic rings. The number of ether oxygens (including phenoxy) is 1. The van der Waals surface area contributed by atoms with Gasteiger partial charge in [-0.25, -0.2) is 4.98 Å². The maximum atomic E-state index is 5.92. The van der Waals surface area contributed by atoms with E-state index in [9.17, 15) is 0 Å². The second-order valence-electron chi connectivity index (χ2n) is 6.00. The molecule has 1 aliphatic rings. The Labute approximate surface area is 142 Å². The Bertz CT molecular complexity index is 797. The molecule has 4 rings (SSSR count). The largest absolute Gasteiger partial charge is 0.370 e. The molecular formula is C20H21N3O. The van der Waals surface area contributed by atoms with Crippen molar-refractivity contribution in [2.24, 2.45) is 0 Å². The molecular weight excluding hydrogens is 298 g/mol. The molecule has 0 bridgehead atoms. The highest BCUT2D eigenvalue weighted by atomic mass is 16.5. The predicted octanol–water partition coefficient (Wildman–Crippen LogP) is 3.37. The van der Waals surface area contributed by atoms with E-state index in [0.29, 0.717) is 13.2 Å². The average molecular weight is 319 g/mol. The van der Waals surface area contributed by atoms with E-state index in [4.69, 9.17) is 9.72 Å². The Morgan fingerprint density at radius 3 is 2.50 bits per heavy atom. The number of benzene rings is 2. The highest BCUT2D eigenvalue weighted by Crippen LogP contribution is 2.24. The van der Waals surface area contributed by atoms with Gasteiger partial charge in [0.1, 0.15) is 5.82 Å². The summed E-state index contributed by atoms with van der Waals surface area (Å²) in [6.45, 7) is 3.93. The normalized spacial score (nSPS) is 13.7. The molecule has 4 nitrogen and oxygen atoms in total. The van der Waals surface area contributed by atoms with Gasteiger partial charge in [0.05, 0.1) is 24.6 Å². The summed E-state index contributed by atoms with van der Waals surface area (Å²) >= 11 is 0. The topological polar surface area (TPSA) is 39.1 Å². The first-order chi connectivity index (χ1) is 11.9. The van der Waals surface area contributed by atoms with Crippen molar-refractivity contribution in [3.05, 3.63) is 77.6 Å². The van der Waals surface area contributed by atoms with Gasteiger partial charge in [-0.3, -0.25) is 0 Å². The highest BCUT2D eigenvalue weighted by molar-refractivity contribution is 5.57. The van der Waals surface area contributed by atoms with Crippen molar-refractivity contribution in [3.63, 3.8) is 0 Å². The van der Waals surface area contributed by atoms with Gasteiger partial charge >= 0.3 is 0 Å². The Balaban J connectivity index is 1.56. The fraction of sp³-hybridized carbons (Fsp3) is 0.250. The van der Waals surface area contributed by atoms with Crippen molar-refractivity contribution >= 4 is 0 Å². The summed E-state index contributed by atoms with van der Waals surface area (Å²) in [5.41, 5.74) is 4.63. The van der Waals surface area contributed by atoms with Crippen LogP contribution in [0.25, 0.3) is 11.4 Å². The lowest BCUT2D eigenvalue weighted by molar-refractivity contribution is 0.104. The van der Waals surface area contributed by atoms with Crippen LogP contribution >= 0.6 is 0 Å². The minimum atomic E-state index is 0.540. The highest BCUT2D eigenvalue weighted by Gasteiger charge is 2.20. The zero-order valence-electron chi connectivity index (χ0n) is 13.6. The number of imidazole rings is 1. The number of aromatic nitrogens is 2. The van der Waals surface area contributed by atoms with E-state index in [1.807, 2.05) is 24.3 Å². The molecule has 0 unspecified atom stereocenters. The van der Waals surface area contributed by atoms with Crippen molar-refractivity contribution in [1.29, 1.82) is 0 Å². The molecule has 0 fully saturated rings. The molecule has 2 aromatic carbocycles. The Morgan fingerprint density at radius 2 is 1.71 bits per heavy atom. The van der Waals surface area contributed by atoms with Crippen LogP contribution in [0.5, 0.6) is 0 Å². The lowest BCUT2D eigenvalue weighted by Gasteiger charge is -2.18. The molecule has 4 heteroatoms. The van der Waals surface area contributed by atoms with Crippen LogP contribution in [0.15, 0.2) is 60.7 Å². The monoisotopic (exact) mass is 319 g/mol. The molecule has 0 spiro atoms. The van der Waals surface area contributed by atoms with Crippen molar-refractivity contribution < 1.29 is 4.74 Å². The van der Waals surface area contributed by atoms with E-state index in [1.54, 1.807) is 0 Å². The van der Waals surface area contributed by atoms with Crippen molar-refractivity contribution in [3.8, 4) is 11.4 Å². The Kier molecular flexibility index (Phi) is 4.40. The SMILES string of the molecule is c1ccc(COCc2nc(-c3ccccc3)n3c2CNCC3)cc1. The molecule has 2 heterocycles. The first kappa shape index (κ1) is 15.1. The second-order valence-corrected chi connectivity index (χ2v) is 6.00. The van der Waals surface area contributed by atoms with Crippen LogP contribution in [0.3, 0.4) is 0 Å². The van der Waals surface area contributed by atoms with Gasteiger partial charge in [0.2, 0.25) is 0 Å². The van der Waals surface area contributed by atoms with Crippen molar-refractivity contribution in [1.82, 2.24) is 14.9 Å². The molecule has 0 amide bonds. The number of nitrogens with one attached hydrogen (secondary N) is 1. The summed E-state index contributed by atoms with van der Waals surface area (Å²) in [5, 5.41) is 3.44. The van der Waals surface area contributed by atoms with Gasteiger partial charge in [0, 0.05) is 25.2 Å². The van der Waals surface area contributed by atoms with Crippen LogP contribution in [0.1, 0.15) is 17.0 Å². The Hall–Kier alpha value is -2.43. The predicted molar refractivity (Wildman–Crippen MR) is 94.3 cm³/mol. The van der Waals surface area contributed by atoms with Gasteiger partial charge in [-0.15, -0.1) is 0 Å². The first-order valence-electron chi connectivity index (χ1n) is 8.38. The molecule has 0 aliphatic carbocycles. The maximum absolute atomic E-state index is 5.92. The minimum absolute atomic E-state index is 0.540. The summed E-state index contributed by atoms with van der Waals surface area (Å²) in [6.07, 6.45) is 0. The van der Waals surface area contributed by atoms with E-state index >= 15 is 0 Å². The number of rotatable bonds is 5. The maximum Gasteiger partial charge on any atom is 0.140 e. The van der Waals surface area contributed by atoms with E-state index in [-0.39, 0.29) is 0 Å². The third-order valence-corrected chi connectivity index (χ3v) is 4.34. The van der Waals surface area contributed by atoms with Crippen LogP contribution in [0.4, 0.5) is 0 Å². The fourth-order valence-electron chi connectivity index (χ4n) is 3.14. The van der Waals surface area contributed by atoms with Crippen LogP contribution in [0.2, 0.25) is 0 Å². The average Bonchev–Trinajstić information content (AvgIpc) is 3.02. The van der Waals surface area contributed by atoms with Gasteiger partial charge in [0.25, 0.3) is 0 Å². The van der Waals surface area contributed by atoms with Crippen molar-refractivity contribution in [2.75, 3.05) is 6.54 Å². The summed E-state index contributed by atoms with van der Waals surface area (Å²) in [4.78, 5) is 4.89. The van der Waals surface area contributed by atoms with E-state index < -0.39 is 0 Å². The molecule has 1 aliphatic heterocycles. The molecule has 1 aromatic heterocycles. The first-order valence-corrected chi connectivity index (χ1v) is 8.38. The van der Waals surface area contributed by atoms with Gasteiger partial charge in [-0.1, -0.05) is 60.7 Å². The van der Waals surface area contributed by atoms with Gasteiger partial charge in [-0.05, 0) is 5.56 Å². The number of nitrogens with zero attached hydrogens (tertiary/aromatic N) is 2. The fourth-order valence-corrected chi connectivity index (χ4v) is 3.14.